The predicted octanol–water partition coefficient (Wildman–Crippen LogP) is 4.15. The van der Waals surface area contributed by atoms with Crippen LogP contribution in [0.4, 0.5) is 14.5 Å². The Kier molecular flexibility index (Phi) is 5.56. The lowest BCUT2D eigenvalue weighted by atomic mass is 10.1. The Morgan fingerprint density at radius 3 is 2.37 bits per heavy atom. The number of anilines is 1. The number of nitrogens with one attached hydrogen (secondary N) is 2. The molecule has 0 bridgehead atoms. The second kappa shape index (κ2) is 8.23. The van der Waals surface area contributed by atoms with E-state index in [4.69, 9.17) is 0 Å². The molecule has 3 aromatic rings. The number of hydrogen-bond acceptors (Lipinski definition) is 2. The summed E-state index contributed by atoms with van der Waals surface area (Å²) in [5, 5.41) is 5.31. The van der Waals surface area contributed by atoms with Crippen molar-refractivity contribution in [1.29, 1.82) is 0 Å². The van der Waals surface area contributed by atoms with Crippen molar-refractivity contribution in [2.75, 3.05) is 5.32 Å². The van der Waals surface area contributed by atoms with Crippen molar-refractivity contribution in [3.05, 3.63) is 101 Å². The molecule has 0 aromatic heterocycles. The molecule has 4 nitrogen and oxygen atoms in total. The van der Waals surface area contributed by atoms with Gasteiger partial charge in [0.2, 0.25) is 0 Å². The average molecular weight is 366 g/mol. The molecular formula is C21H16F2N2O2. The third kappa shape index (κ3) is 4.76. The fourth-order valence-electron chi connectivity index (χ4n) is 2.51. The van der Waals surface area contributed by atoms with Crippen LogP contribution in [0.1, 0.15) is 26.3 Å². The van der Waals surface area contributed by atoms with Gasteiger partial charge < -0.3 is 10.6 Å². The van der Waals surface area contributed by atoms with E-state index in [9.17, 15) is 18.4 Å². The Labute approximate surface area is 154 Å². The lowest BCUT2D eigenvalue weighted by Crippen LogP contribution is -2.23. The zero-order chi connectivity index (χ0) is 19.2. The molecule has 0 saturated carbocycles. The predicted molar refractivity (Wildman–Crippen MR) is 98.4 cm³/mol. The minimum absolute atomic E-state index is 0.0342. The second-order valence-corrected chi connectivity index (χ2v) is 5.83. The summed E-state index contributed by atoms with van der Waals surface area (Å²) in [4.78, 5) is 24.2. The third-order valence-electron chi connectivity index (χ3n) is 3.84. The molecule has 6 heteroatoms. The van der Waals surface area contributed by atoms with E-state index >= 15 is 0 Å². The zero-order valence-electron chi connectivity index (χ0n) is 14.2. The van der Waals surface area contributed by atoms with Gasteiger partial charge in [0.05, 0.1) is 5.56 Å². The van der Waals surface area contributed by atoms with Crippen LogP contribution in [-0.4, -0.2) is 11.8 Å². The number of rotatable bonds is 5. The summed E-state index contributed by atoms with van der Waals surface area (Å²) in [7, 11) is 0. The standard InChI is InChI=1S/C21H16F2N2O2/c22-16-7-4-6-15(12-16)20(26)25-17-8-3-5-14(11-17)13-24-21(27)18-9-1-2-10-19(18)23/h1-12H,13H2,(H,24,27)(H,25,26). The molecule has 0 atom stereocenters. The van der Waals surface area contributed by atoms with E-state index in [1.54, 1.807) is 30.3 Å². The molecule has 2 N–H and O–H groups in total. The van der Waals surface area contributed by atoms with Gasteiger partial charge in [-0.25, -0.2) is 8.78 Å². The first kappa shape index (κ1) is 18.3. The van der Waals surface area contributed by atoms with E-state index in [0.29, 0.717) is 5.69 Å². The van der Waals surface area contributed by atoms with E-state index < -0.39 is 23.4 Å². The number of amides is 2. The third-order valence-corrected chi connectivity index (χ3v) is 3.84. The zero-order valence-corrected chi connectivity index (χ0v) is 14.2. The van der Waals surface area contributed by atoms with E-state index in [-0.39, 0.29) is 17.7 Å². The van der Waals surface area contributed by atoms with Crippen LogP contribution in [0.5, 0.6) is 0 Å². The second-order valence-electron chi connectivity index (χ2n) is 5.83. The van der Waals surface area contributed by atoms with Crippen molar-refractivity contribution in [1.82, 2.24) is 5.32 Å². The Morgan fingerprint density at radius 2 is 1.59 bits per heavy atom. The quantitative estimate of drug-likeness (QED) is 0.713. The fraction of sp³-hybridized carbons (Fsp3) is 0.0476. The van der Waals surface area contributed by atoms with Gasteiger partial charge in [-0.1, -0.05) is 30.3 Å². The van der Waals surface area contributed by atoms with Gasteiger partial charge in [-0.3, -0.25) is 9.59 Å². The molecule has 3 aromatic carbocycles. The molecule has 0 aliphatic heterocycles. The Bertz CT molecular complexity index is 989. The van der Waals surface area contributed by atoms with Crippen LogP contribution >= 0.6 is 0 Å². The monoisotopic (exact) mass is 366 g/mol. The molecule has 0 spiro atoms. The average Bonchev–Trinajstić information content (AvgIpc) is 2.67. The van der Waals surface area contributed by atoms with E-state index in [2.05, 4.69) is 10.6 Å². The first-order valence-electron chi connectivity index (χ1n) is 8.21. The van der Waals surface area contributed by atoms with Crippen molar-refractivity contribution in [2.24, 2.45) is 0 Å². The van der Waals surface area contributed by atoms with Crippen molar-refractivity contribution < 1.29 is 18.4 Å². The minimum Gasteiger partial charge on any atom is -0.348 e. The molecular weight excluding hydrogens is 350 g/mol. The highest BCUT2D eigenvalue weighted by Crippen LogP contribution is 2.14. The van der Waals surface area contributed by atoms with Crippen molar-refractivity contribution in [3.63, 3.8) is 0 Å². The van der Waals surface area contributed by atoms with Gasteiger partial charge in [-0.2, -0.15) is 0 Å². The van der Waals surface area contributed by atoms with Crippen LogP contribution in [0.15, 0.2) is 72.8 Å². The van der Waals surface area contributed by atoms with Crippen LogP contribution in [0.25, 0.3) is 0 Å². The molecule has 3 rings (SSSR count). The van der Waals surface area contributed by atoms with Gasteiger partial charge in [0.1, 0.15) is 11.6 Å². The molecule has 0 heterocycles. The van der Waals surface area contributed by atoms with Gasteiger partial charge in [0.25, 0.3) is 11.8 Å². The highest BCUT2D eigenvalue weighted by Gasteiger charge is 2.11. The van der Waals surface area contributed by atoms with Crippen LogP contribution in [-0.2, 0) is 6.54 Å². The Balaban J connectivity index is 1.64. The lowest BCUT2D eigenvalue weighted by molar-refractivity contribution is 0.0946. The topological polar surface area (TPSA) is 58.2 Å². The molecule has 2 amide bonds. The number of carbonyl (C=O) groups excluding carboxylic acids is 2. The van der Waals surface area contributed by atoms with Crippen LogP contribution < -0.4 is 10.6 Å². The molecule has 0 radical (unpaired) electrons. The maximum absolute atomic E-state index is 13.6. The SMILES string of the molecule is O=C(Nc1cccc(CNC(=O)c2ccccc2F)c1)c1cccc(F)c1. The summed E-state index contributed by atoms with van der Waals surface area (Å²) in [5.41, 5.74) is 1.39. The summed E-state index contributed by atoms with van der Waals surface area (Å²) < 4.78 is 26.9. The molecule has 0 unspecified atom stereocenters. The lowest BCUT2D eigenvalue weighted by Gasteiger charge is -2.09. The smallest absolute Gasteiger partial charge is 0.255 e. The van der Waals surface area contributed by atoms with Crippen molar-refractivity contribution >= 4 is 17.5 Å². The van der Waals surface area contributed by atoms with Gasteiger partial charge in [-0.05, 0) is 48.0 Å². The highest BCUT2D eigenvalue weighted by molar-refractivity contribution is 6.04. The minimum atomic E-state index is -0.592. The molecule has 0 saturated heterocycles. The maximum Gasteiger partial charge on any atom is 0.255 e. The molecule has 27 heavy (non-hydrogen) atoms. The van der Waals surface area contributed by atoms with Gasteiger partial charge in [0, 0.05) is 17.8 Å². The summed E-state index contributed by atoms with van der Waals surface area (Å²) in [6, 6.07) is 17.9. The molecule has 136 valence electrons. The largest absolute Gasteiger partial charge is 0.348 e. The Morgan fingerprint density at radius 1 is 0.815 bits per heavy atom. The van der Waals surface area contributed by atoms with Crippen LogP contribution in [0, 0.1) is 11.6 Å². The van der Waals surface area contributed by atoms with Crippen molar-refractivity contribution in [2.45, 2.75) is 6.54 Å². The summed E-state index contributed by atoms with van der Waals surface area (Å²) in [6.07, 6.45) is 0. The molecule has 0 fully saturated rings. The molecule has 0 aliphatic rings. The van der Waals surface area contributed by atoms with E-state index in [0.717, 1.165) is 11.6 Å². The normalized spacial score (nSPS) is 10.3. The number of halogens is 2. The van der Waals surface area contributed by atoms with E-state index in [1.807, 2.05) is 0 Å². The van der Waals surface area contributed by atoms with Gasteiger partial charge >= 0.3 is 0 Å². The first-order valence-corrected chi connectivity index (χ1v) is 8.21. The fourth-order valence-corrected chi connectivity index (χ4v) is 2.51. The highest BCUT2D eigenvalue weighted by atomic mass is 19.1. The number of benzene rings is 3. The van der Waals surface area contributed by atoms with E-state index in [1.165, 1.54) is 36.4 Å². The van der Waals surface area contributed by atoms with Gasteiger partial charge in [-0.15, -0.1) is 0 Å². The summed E-state index contributed by atoms with van der Waals surface area (Å²) in [5.74, 6) is -2.05. The first-order chi connectivity index (χ1) is 13.0. The maximum atomic E-state index is 13.6. The van der Waals surface area contributed by atoms with Crippen LogP contribution in [0.3, 0.4) is 0 Å². The number of hydrogen-bond donors (Lipinski definition) is 2. The van der Waals surface area contributed by atoms with Gasteiger partial charge in [0.15, 0.2) is 0 Å². The molecule has 0 aliphatic carbocycles. The summed E-state index contributed by atoms with van der Waals surface area (Å²) >= 11 is 0. The van der Waals surface area contributed by atoms with Crippen LogP contribution in [0.2, 0.25) is 0 Å². The van der Waals surface area contributed by atoms with Crippen molar-refractivity contribution in [3.8, 4) is 0 Å². The number of carbonyl (C=O) groups is 2. The Hall–Kier alpha value is -3.54. The summed E-state index contributed by atoms with van der Waals surface area (Å²) in [6.45, 7) is 0.164.